The highest BCUT2D eigenvalue weighted by molar-refractivity contribution is 5.91. The van der Waals surface area contributed by atoms with E-state index in [1.807, 2.05) is 56.3 Å². The van der Waals surface area contributed by atoms with Gasteiger partial charge in [-0.25, -0.2) is 4.79 Å². The van der Waals surface area contributed by atoms with Crippen LogP contribution < -0.4 is 15.0 Å². The molecule has 0 fully saturated rings. The molecule has 0 aliphatic rings. The van der Waals surface area contributed by atoms with E-state index < -0.39 is 0 Å². The molecular formula is C19H21N3O2. The van der Waals surface area contributed by atoms with Gasteiger partial charge in [0.2, 0.25) is 0 Å². The van der Waals surface area contributed by atoms with Gasteiger partial charge in [0.15, 0.2) is 0 Å². The molecule has 0 unspecified atom stereocenters. The molecule has 0 radical (unpaired) electrons. The van der Waals surface area contributed by atoms with Gasteiger partial charge < -0.3 is 10.1 Å². The predicted octanol–water partition coefficient (Wildman–Crippen LogP) is 3.69. The average molecular weight is 323 g/mol. The molecular weight excluding hydrogens is 302 g/mol. The van der Waals surface area contributed by atoms with Crippen molar-refractivity contribution in [3.05, 3.63) is 59.7 Å². The number of nitrogens with one attached hydrogen (secondary N) is 1. The van der Waals surface area contributed by atoms with Crippen LogP contribution in [0.4, 0.5) is 10.5 Å². The molecule has 5 heteroatoms. The number of hydrogen-bond acceptors (Lipinski definition) is 3. The normalized spacial score (nSPS) is 10.1. The quantitative estimate of drug-likeness (QED) is 0.912. The number of benzene rings is 2. The second-order valence-corrected chi connectivity index (χ2v) is 5.71. The summed E-state index contributed by atoms with van der Waals surface area (Å²) in [5.41, 5.74) is 2.23. The van der Waals surface area contributed by atoms with Crippen molar-refractivity contribution in [2.75, 3.05) is 11.9 Å². The molecule has 0 atom stereocenters. The van der Waals surface area contributed by atoms with Crippen LogP contribution in [0.5, 0.6) is 5.75 Å². The molecule has 0 saturated carbocycles. The summed E-state index contributed by atoms with van der Waals surface area (Å²) in [5, 5.41) is 11.9. The largest absolute Gasteiger partial charge is 0.489 e. The number of nitrogens with zero attached hydrogens (tertiary/aromatic N) is 2. The van der Waals surface area contributed by atoms with Crippen LogP contribution in [0.15, 0.2) is 48.5 Å². The van der Waals surface area contributed by atoms with Gasteiger partial charge in [-0.2, -0.15) is 5.26 Å². The fourth-order valence-corrected chi connectivity index (χ4v) is 2.14. The Kier molecular flexibility index (Phi) is 5.80. The summed E-state index contributed by atoms with van der Waals surface area (Å²) in [7, 11) is 1.72. The van der Waals surface area contributed by atoms with E-state index in [1.165, 1.54) is 0 Å². The number of ether oxygens (including phenoxy) is 1. The van der Waals surface area contributed by atoms with Crippen LogP contribution in [0, 0.1) is 11.3 Å². The zero-order valence-corrected chi connectivity index (χ0v) is 14.1. The van der Waals surface area contributed by atoms with Crippen molar-refractivity contribution >= 4 is 11.7 Å². The van der Waals surface area contributed by atoms with Crippen molar-refractivity contribution in [2.24, 2.45) is 0 Å². The van der Waals surface area contributed by atoms with Crippen molar-refractivity contribution in [1.29, 1.82) is 5.26 Å². The molecule has 2 aromatic rings. The molecule has 0 bridgehead atoms. The summed E-state index contributed by atoms with van der Waals surface area (Å²) in [4.78, 5) is 13.5. The topological polar surface area (TPSA) is 65.4 Å². The number of hydrogen-bond donors (Lipinski definition) is 1. The molecule has 0 spiro atoms. The van der Waals surface area contributed by atoms with E-state index in [9.17, 15) is 4.79 Å². The van der Waals surface area contributed by atoms with Gasteiger partial charge in [0.05, 0.1) is 11.6 Å². The minimum Gasteiger partial charge on any atom is -0.489 e. The highest BCUT2D eigenvalue weighted by Crippen LogP contribution is 2.20. The number of amides is 2. The van der Waals surface area contributed by atoms with Gasteiger partial charge in [-0.3, -0.25) is 4.90 Å². The van der Waals surface area contributed by atoms with Gasteiger partial charge in [0.1, 0.15) is 12.4 Å². The van der Waals surface area contributed by atoms with Gasteiger partial charge in [0, 0.05) is 24.3 Å². The number of urea groups is 1. The van der Waals surface area contributed by atoms with Crippen molar-refractivity contribution in [3.63, 3.8) is 0 Å². The van der Waals surface area contributed by atoms with Crippen LogP contribution in [0.2, 0.25) is 0 Å². The van der Waals surface area contributed by atoms with E-state index in [0.29, 0.717) is 17.9 Å². The lowest BCUT2D eigenvalue weighted by molar-refractivity contribution is 0.245. The minimum absolute atomic E-state index is 0.0859. The van der Waals surface area contributed by atoms with Crippen LogP contribution in [-0.4, -0.2) is 19.1 Å². The summed E-state index contributed by atoms with van der Waals surface area (Å²) >= 11 is 0. The van der Waals surface area contributed by atoms with Gasteiger partial charge >= 0.3 is 6.03 Å². The molecule has 2 rings (SSSR count). The monoisotopic (exact) mass is 323 g/mol. The summed E-state index contributed by atoms with van der Waals surface area (Å²) in [5.74, 6) is 0.684. The third kappa shape index (κ3) is 4.50. The molecule has 0 aliphatic carbocycles. The molecule has 0 heterocycles. The van der Waals surface area contributed by atoms with Gasteiger partial charge in [0.25, 0.3) is 0 Å². The molecule has 24 heavy (non-hydrogen) atoms. The van der Waals surface area contributed by atoms with Crippen LogP contribution in [-0.2, 0) is 6.61 Å². The lowest BCUT2D eigenvalue weighted by atomic mass is 10.1. The average Bonchev–Trinajstić information content (AvgIpc) is 2.59. The Morgan fingerprint density at radius 2 is 1.88 bits per heavy atom. The highest BCUT2D eigenvalue weighted by Gasteiger charge is 2.11. The fourth-order valence-electron chi connectivity index (χ4n) is 2.14. The summed E-state index contributed by atoms with van der Waals surface area (Å²) < 4.78 is 5.72. The van der Waals surface area contributed by atoms with E-state index in [1.54, 1.807) is 18.0 Å². The van der Waals surface area contributed by atoms with Crippen LogP contribution >= 0.6 is 0 Å². The number of nitriles is 1. The third-order valence-corrected chi connectivity index (χ3v) is 3.47. The van der Waals surface area contributed by atoms with Crippen molar-refractivity contribution in [2.45, 2.75) is 26.5 Å². The highest BCUT2D eigenvalue weighted by atomic mass is 16.5. The van der Waals surface area contributed by atoms with Gasteiger partial charge in [-0.05, 0) is 44.2 Å². The zero-order chi connectivity index (χ0) is 17.5. The third-order valence-electron chi connectivity index (χ3n) is 3.47. The number of carbonyl (C=O) groups is 1. The summed E-state index contributed by atoms with van der Waals surface area (Å²) in [6.07, 6.45) is 0. The van der Waals surface area contributed by atoms with Crippen molar-refractivity contribution < 1.29 is 9.53 Å². The first-order valence-corrected chi connectivity index (χ1v) is 7.76. The molecule has 124 valence electrons. The lowest BCUT2D eigenvalue weighted by Gasteiger charge is -2.20. The first-order valence-electron chi connectivity index (χ1n) is 7.76. The van der Waals surface area contributed by atoms with Crippen LogP contribution in [0.3, 0.4) is 0 Å². The fraction of sp³-hybridized carbons (Fsp3) is 0.263. The second-order valence-electron chi connectivity index (χ2n) is 5.71. The maximum absolute atomic E-state index is 12.0. The van der Waals surface area contributed by atoms with Crippen LogP contribution in [0.1, 0.15) is 25.0 Å². The Labute approximate surface area is 142 Å². The molecule has 2 aromatic carbocycles. The maximum atomic E-state index is 12.0. The Bertz CT molecular complexity index is 733. The minimum atomic E-state index is -0.151. The molecule has 0 aromatic heterocycles. The van der Waals surface area contributed by atoms with E-state index in [0.717, 1.165) is 11.3 Å². The molecule has 1 N–H and O–H groups in total. The van der Waals surface area contributed by atoms with Gasteiger partial charge in [-0.1, -0.05) is 18.2 Å². The molecule has 2 amide bonds. The second kappa shape index (κ2) is 8.02. The first kappa shape index (κ1) is 17.4. The van der Waals surface area contributed by atoms with Crippen molar-refractivity contribution in [3.8, 4) is 11.8 Å². The Balaban J connectivity index is 1.99. The first-order chi connectivity index (χ1) is 11.5. The molecule has 5 nitrogen and oxygen atoms in total. The summed E-state index contributed by atoms with van der Waals surface area (Å²) in [6, 6.07) is 16.7. The number of rotatable bonds is 5. The molecule has 0 saturated heterocycles. The van der Waals surface area contributed by atoms with E-state index in [2.05, 4.69) is 11.4 Å². The summed E-state index contributed by atoms with van der Waals surface area (Å²) in [6.45, 7) is 4.16. The molecule has 0 aliphatic heterocycles. The Morgan fingerprint density at radius 3 is 2.50 bits per heavy atom. The van der Waals surface area contributed by atoms with Crippen molar-refractivity contribution in [1.82, 2.24) is 5.32 Å². The number of carbonyl (C=O) groups excluding carboxylic acids is 1. The smallest absolute Gasteiger partial charge is 0.321 e. The predicted molar refractivity (Wildman–Crippen MR) is 94.0 cm³/mol. The van der Waals surface area contributed by atoms with Gasteiger partial charge in [-0.15, -0.1) is 0 Å². The Hall–Kier alpha value is -3.00. The van der Waals surface area contributed by atoms with E-state index in [4.69, 9.17) is 10.00 Å². The SMILES string of the molecule is CC(C)NC(=O)N(C)c1ccc(OCc2ccccc2C#N)cc1. The number of anilines is 1. The lowest BCUT2D eigenvalue weighted by Crippen LogP contribution is -2.40. The zero-order valence-electron chi connectivity index (χ0n) is 14.1. The van der Waals surface area contributed by atoms with Crippen LogP contribution in [0.25, 0.3) is 0 Å². The standard InChI is InChI=1S/C19H21N3O2/c1-14(2)21-19(23)22(3)17-8-10-18(11-9-17)24-13-16-7-5-4-6-15(16)12-20/h4-11,14H,13H2,1-3H3,(H,21,23). The van der Waals surface area contributed by atoms with E-state index >= 15 is 0 Å². The Morgan fingerprint density at radius 1 is 1.21 bits per heavy atom. The van der Waals surface area contributed by atoms with E-state index in [-0.39, 0.29) is 12.1 Å². The maximum Gasteiger partial charge on any atom is 0.321 e.